The molecule has 0 radical (unpaired) electrons. The number of amides is 1. The van der Waals surface area contributed by atoms with Crippen LogP contribution in [0, 0.1) is 13.8 Å². The first-order valence-electron chi connectivity index (χ1n) is 8.48. The molecule has 1 amide bonds. The lowest BCUT2D eigenvalue weighted by atomic mass is 10.0. The predicted molar refractivity (Wildman–Crippen MR) is 91.5 cm³/mol. The predicted octanol–water partition coefficient (Wildman–Crippen LogP) is 0.220. The van der Waals surface area contributed by atoms with Crippen molar-refractivity contribution in [1.29, 1.82) is 0 Å². The van der Waals surface area contributed by atoms with Gasteiger partial charge in [-0.1, -0.05) is 0 Å². The van der Waals surface area contributed by atoms with Crippen LogP contribution < -0.4 is 0 Å². The van der Waals surface area contributed by atoms with Crippen molar-refractivity contribution in [3.05, 3.63) is 17.5 Å². The van der Waals surface area contributed by atoms with Crippen molar-refractivity contribution in [2.45, 2.75) is 45.3 Å². The zero-order chi connectivity index (χ0) is 17.5. The normalized spacial score (nSPS) is 26.5. The topological polar surface area (TPSA) is 75.5 Å². The molecule has 134 valence electrons. The summed E-state index contributed by atoms with van der Waals surface area (Å²) in [5.74, 6) is 0.339. The molecular formula is C16H26N4O3S. The molecule has 2 saturated heterocycles. The van der Waals surface area contributed by atoms with Gasteiger partial charge in [-0.25, -0.2) is 8.42 Å². The van der Waals surface area contributed by atoms with Gasteiger partial charge in [0.15, 0.2) is 9.84 Å². The van der Waals surface area contributed by atoms with Crippen LogP contribution in [0.3, 0.4) is 0 Å². The molecule has 8 heteroatoms. The summed E-state index contributed by atoms with van der Waals surface area (Å²) < 4.78 is 25.9. The van der Waals surface area contributed by atoms with Crippen LogP contribution in [0.5, 0.6) is 0 Å². The molecule has 0 spiro atoms. The molecule has 7 nitrogen and oxygen atoms in total. The van der Waals surface area contributed by atoms with Crippen LogP contribution in [0.4, 0.5) is 0 Å². The van der Waals surface area contributed by atoms with Crippen LogP contribution in [0.25, 0.3) is 0 Å². The highest BCUT2D eigenvalue weighted by Gasteiger charge is 2.46. The highest BCUT2D eigenvalue weighted by molar-refractivity contribution is 7.91. The molecule has 3 rings (SSSR count). The number of nitrogens with zero attached hydrogens (tertiary/aromatic N) is 4. The highest BCUT2D eigenvalue weighted by atomic mass is 32.2. The average Bonchev–Trinajstić information content (AvgIpc) is 2.98. The smallest absolute Gasteiger partial charge is 0.223 e. The second-order valence-corrected chi connectivity index (χ2v) is 9.19. The summed E-state index contributed by atoms with van der Waals surface area (Å²) in [4.78, 5) is 16.5. The SMILES string of the molecule is Cc1cc(C)n(CCCC(=O)N2CCN(C)[C@H]3CS(=O)(=O)C[C@H]32)n1. The highest BCUT2D eigenvalue weighted by Crippen LogP contribution is 2.26. The van der Waals surface area contributed by atoms with Gasteiger partial charge >= 0.3 is 0 Å². The summed E-state index contributed by atoms with van der Waals surface area (Å²) >= 11 is 0. The molecule has 0 aliphatic carbocycles. The number of aryl methyl sites for hydroxylation is 3. The van der Waals surface area contributed by atoms with Crippen molar-refractivity contribution in [1.82, 2.24) is 19.6 Å². The van der Waals surface area contributed by atoms with Crippen molar-refractivity contribution in [2.75, 3.05) is 31.6 Å². The minimum Gasteiger partial charge on any atom is -0.336 e. The molecule has 1 aromatic heterocycles. The number of carbonyl (C=O) groups excluding carboxylic acids is 1. The third kappa shape index (κ3) is 3.49. The average molecular weight is 354 g/mol. The number of likely N-dealkylation sites (N-methyl/N-ethyl adjacent to an activating group) is 1. The van der Waals surface area contributed by atoms with Gasteiger partial charge < -0.3 is 4.90 Å². The number of rotatable bonds is 4. The van der Waals surface area contributed by atoms with Crippen LogP contribution in [0.2, 0.25) is 0 Å². The maximum atomic E-state index is 12.6. The Bertz CT molecular complexity index is 728. The number of hydrogen-bond acceptors (Lipinski definition) is 5. The Morgan fingerprint density at radius 2 is 1.96 bits per heavy atom. The lowest BCUT2D eigenvalue weighted by molar-refractivity contribution is -0.136. The summed E-state index contributed by atoms with van der Waals surface area (Å²) in [7, 11) is -1.10. The lowest BCUT2D eigenvalue weighted by Gasteiger charge is -2.42. The fourth-order valence-corrected chi connectivity index (χ4v) is 5.92. The van der Waals surface area contributed by atoms with E-state index in [1.165, 1.54) is 0 Å². The first-order valence-corrected chi connectivity index (χ1v) is 10.3. The Morgan fingerprint density at radius 1 is 1.25 bits per heavy atom. The third-order valence-corrected chi connectivity index (χ3v) is 6.84. The first kappa shape index (κ1) is 17.4. The molecule has 2 fully saturated rings. The van der Waals surface area contributed by atoms with E-state index in [4.69, 9.17) is 0 Å². The Labute approximate surface area is 143 Å². The van der Waals surface area contributed by atoms with Crippen LogP contribution >= 0.6 is 0 Å². The van der Waals surface area contributed by atoms with E-state index in [2.05, 4.69) is 10.00 Å². The minimum atomic E-state index is -3.04. The van der Waals surface area contributed by atoms with E-state index in [-0.39, 0.29) is 29.5 Å². The molecule has 0 aromatic carbocycles. The van der Waals surface area contributed by atoms with E-state index in [1.807, 2.05) is 31.6 Å². The van der Waals surface area contributed by atoms with Gasteiger partial charge in [0.2, 0.25) is 5.91 Å². The fourth-order valence-electron chi connectivity index (χ4n) is 3.86. The minimum absolute atomic E-state index is 0.0521. The van der Waals surface area contributed by atoms with Gasteiger partial charge in [0.05, 0.1) is 23.2 Å². The molecule has 0 bridgehead atoms. The Kier molecular flexibility index (Phi) is 4.70. The second kappa shape index (κ2) is 6.48. The first-order chi connectivity index (χ1) is 11.3. The van der Waals surface area contributed by atoms with Crippen LogP contribution in [-0.2, 0) is 21.2 Å². The zero-order valence-corrected chi connectivity index (χ0v) is 15.4. The van der Waals surface area contributed by atoms with Crippen molar-refractivity contribution in [2.24, 2.45) is 0 Å². The summed E-state index contributed by atoms with van der Waals surface area (Å²) in [5, 5.41) is 4.41. The van der Waals surface area contributed by atoms with E-state index < -0.39 is 9.84 Å². The largest absolute Gasteiger partial charge is 0.336 e. The monoisotopic (exact) mass is 354 g/mol. The number of aromatic nitrogens is 2. The Morgan fingerprint density at radius 3 is 2.62 bits per heavy atom. The van der Waals surface area contributed by atoms with Gasteiger partial charge in [-0.05, 0) is 33.4 Å². The van der Waals surface area contributed by atoms with Crippen molar-refractivity contribution in [3.8, 4) is 0 Å². The standard InChI is InChI=1S/C16H26N4O3S/c1-12-9-13(2)20(17-12)6-4-5-16(21)19-8-7-18(3)14-10-24(22,23)11-15(14)19/h9,14-15H,4-8,10-11H2,1-3H3/t14-,15+/m0/s1. The number of piperazine rings is 1. The number of fused-ring (bicyclic) bond motifs is 1. The summed E-state index contributed by atoms with van der Waals surface area (Å²) in [6, 6.07) is 1.79. The molecule has 24 heavy (non-hydrogen) atoms. The maximum absolute atomic E-state index is 12.6. The molecule has 1 aromatic rings. The van der Waals surface area contributed by atoms with Gasteiger partial charge in [0, 0.05) is 37.8 Å². The summed E-state index contributed by atoms with van der Waals surface area (Å²) in [6.07, 6.45) is 1.16. The van der Waals surface area contributed by atoms with Crippen molar-refractivity contribution >= 4 is 15.7 Å². The van der Waals surface area contributed by atoms with Gasteiger partial charge in [0.1, 0.15) is 0 Å². The molecule has 2 aliphatic rings. The van der Waals surface area contributed by atoms with Gasteiger partial charge in [-0.2, -0.15) is 5.10 Å². The third-order valence-electron chi connectivity index (χ3n) is 5.14. The number of carbonyl (C=O) groups is 1. The molecule has 0 unspecified atom stereocenters. The molecule has 0 N–H and O–H groups in total. The van der Waals surface area contributed by atoms with Crippen LogP contribution in [0.15, 0.2) is 6.07 Å². The molecular weight excluding hydrogens is 328 g/mol. The number of sulfone groups is 1. The van der Waals surface area contributed by atoms with E-state index in [9.17, 15) is 13.2 Å². The molecule has 2 atom stereocenters. The quantitative estimate of drug-likeness (QED) is 0.773. The molecule has 0 saturated carbocycles. The van der Waals surface area contributed by atoms with Crippen molar-refractivity contribution in [3.63, 3.8) is 0 Å². The van der Waals surface area contributed by atoms with Crippen LogP contribution in [-0.4, -0.2) is 77.6 Å². The van der Waals surface area contributed by atoms with Gasteiger partial charge in [-0.3, -0.25) is 14.4 Å². The maximum Gasteiger partial charge on any atom is 0.223 e. The lowest BCUT2D eigenvalue weighted by Crippen LogP contribution is -2.59. The van der Waals surface area contributed by atoms with E-state index >= 15 is 0 Å². The summed E-state index contributed by atoms with van der Waals surface area (Å²) in [6.45, 7) is 6.03. The van der Waals surface area contributed by atoms with E-state index in [0.717, 1.165) is 24.4 Å². The summed E-state index contributed by atoms with van der Waals surface area (Å²) in [5.41, 5.74) is 2.08. The van der Waals surface area contributed by atoms with E-state index in [1.54, 1.807) is 4.90 Å². The Balaban J connectivity index is 1.59. The number of hydrogen-bond donors (Lipinski definition) is 0. The second-order valence-electron chi connectivity index (χ2n) is 7.03. The van der Waals surface area contributed by atoms with Gasteiger partial charge in [0.25, 0.3) is 0 Å². The Hall–Kier alpha value is -1.41. The molecule has 2 aliphatic heterocycles. The zero-order valence-electron chi connectivity index (χ0n) is 14.6. The van der Waals surface area contributed by atoms with Crippen LogP contribution in [0.1, 0.15) is 24.2 Å². The molecule has 3 heterocycles. The van der Waals surface area contributed by atoms with Crippen molar-refractivity contribution < 1.29 is 13.2 Å². The van der Waals surface area contributed by atoms with E-state index in [0.29, 0.717) is 19.5 Å². The van der Waals surface area contributed by atoms with Gasteiger partial charge in [-0.15, -0.1) is 0 Å². The fraction of sp³-hybridized carbons (Fsp3) is 0.750.